The second-order valence-corrected chi connectivity index (χ2v) is 6.82. The van der Waals surface area contributed by atoms with E-state index in [-0.39, 0.29) is 12.3 Å². The summed E-state index contributed by atoms with van der Waals surface area (Å²) in [5.74, 6) is -0.260. The van der Waals surface area contributed by atoms with Crippen LogP contribution in [0, 0.1) is 5.82 Å². The number of aromatic nitrogens is 2. The number of carbonyl (C=O) groups excluding carboxylic acids is 1. The van der Waals surface area contributed by atoms with E-state index in [1.165, 1.54) is 29.5 Å². The number of nitrogens with one attached hydrogen (secondary N) is 1. The number of carbonyl (C=O) groups is 1. The van der Waals surface area contributed by atoms with E-state index < -0.39 is 5.82 Å². The second-order valence-electron chi connectivity index (χ2n) is 5.96. The van der Waals surface area contributed by atoms with Gasteiger partial charge in [0.05, 0.1) is 12.1 Å². The number of hydrogen-bond donors (Lipinski definition) is 1. The van der Waals surface area contributed by atoms with E-state index in [0.717, 1.165) is 31.7 Å². The lowest BCUT2D eigenvalue weighted by atomic mass is 9.98. The highest BCUT2D eigenvalue weighted by atomic mass is 32.1. The van der Waals surface area contributed by atoms with E-state index in [1.54, 1.807) is 0 Å². The Morgan fingerprint density at radius 1 is 1.36 bits per heavy atom. The summed E-state index contributed by atoms with van der Waals surface area (Å²) in [6.07, 6.45) is 1.91. The van der Waals surface area contributed by atoms with Crippen molar-refractivity contribution in [2.45, 2.75) is 25.2 Å². The van der Waals surface area contributed by atoms with Gasteiger partial charge in [-0.2, -0.15) is 0 Å². The Hall–Kier alpha value is -2.32. The minimum Gasteiger partial charge on any atom is -0.381 e. The first kappa shape index (κ1) is 16.2. The van der Waals surface area contributed by atoms with Gasteiger partial charge in [-0.3, -0.25) is 4.79 Å². The molecule has 1 amide bonds. The summed E-state index contributed by atoms with van der Waals surface area (Å²) in [6.45, 7) is 1.50. The molecule has 1 fully saturated rings. The van der Waals surface area contributed by atoms with E-state index in [0.29, 0.717) is 27.7 Å². The number of anilines is 1. The molecule has 130 valence electrons. The van der Waals surface area contributed by atoms with Crippen LogP contribution >= 0.6 is 11.3 Å². The summed E-state index contributed by atoms with van der Waals surface area (Å²) >= 11 is 1.40. The van der Waals surface area contributed by atoms with Crippen molar-refractivity contribution in [1.29, 1.82) is 0 Å². The number of thiazole rings is 1. The molecule has 3 heterocycles. The van der Waals surface area contributed by atoms with E-state index in [9.17, 15) is 9.18 Å². The molecule has 0 radical (unpaired) electrons. The Balaban J connectivity index is 1.43. The summed E-state index contributed by atoms with van der Waals surface area (Å²) < 4.78 is 23.8. The highest BCUT2D eigenvalue weighted by molar-refractivity contribution is 7.13. The van der Waals surface area contributed by atoms with Gasteiger partial charge < -0.3 is 14.6 Å². The van der Waals surface area contributed by atoms with Crippen LogP contribution in [0.1, 0.15) is 30.1 Å². The molecule has 1 aliphatic rings. The van der Waals surface area contributed by atoms with Gasteiger partial charge in [0.2, 0.25) is 5.91 Å². The Bertz CT molecular complexity index is 902. The van der Waals surface area contributed by atoms with Gasteiger partial charge in [-0.1, -0.05) is 5.16 Å². The standard InChI is InChI=1S/C17H16FN3O3S/c18-11-1-2-15-12(7-11)13(21-24-15)8-16(22)20-17-19-14(9-25-17)10-3-5-23-6-4-10/h1-2,7,9-10H,3-6,8H2,(H,19,20,22). The van der Waals surface area contributed by atoms with Crippen molar-refractivity contribution in [1.82, 2.24) is 10.1 Å². The molecule has 2 aromatic heterocycles. The first-order valence-corrected chi connectivity index (χ1v) is 8.94. The molecule has 0 atom stereocenters. The largest absolute Gasteiger partial charge is 0.381 e. The van der Waals surface area contributed by atoms with Crippen molar-refractivity contribution in [3.05, 3.63) is 40.8 Å². The maximum Gasteiger partial charge on any atom is 0.232 e. The molecule has 1 saturated heterocycles. The van der Waals surface area contributed by atoms with Crippen molar-refractivity contribution in [3.8, 4) is 0 Å². The normalized spacial score (nSPS) is 15.6. The molecule has 0 unspecified atom stereocenters. The van der Waals surface area contributed by atoms with Crippen LogP contribution in [0.3, 0.4) is 0 Å². The van der Waals surface area contributed by atoms with E-state index in [2.05, 4.69) is 15.5 Å². The fourth-order valence-electron chi connectivity index (χ4n) is 2.93. The molecule has 0 saturated carbocycles. The Morgan fingerprint density at radius 2 is 2.20 bits per heavy atom. The smallest absolute Gasteiger partial charge is 0.232 e. The van der Waals surface area contributed by atoms with Crippen molar-refractivity contribution >= 4 is 33.3 Å². The topological polar surface area (TPSA) is 77.3 Å². The fourth-order valence-corrected chi connectivity index (χ4v) is 3.74. The number of benzene rings is 1. The van der Waals surface area contributed by atoms with Gasteiger partial charge in [0.1, 0.15) is 11.5 Å². The molecule has 6 nitrogen and oxygen atoms in total. The third-order valence-corrected chi connectivity index (χ3v) is 5.02. The number of amides is 1. The minimum absolute atomic E-state index is 0.00261. The van der Waals surface area contributed by atoms with Crippen molar-refractivity contribution < 1.29 is 18.4 Å². The summed E-state index contributed by atoms with van der Waals surface area (Å²) in [6, 6.07) is 4.12. The molecule has 0 spiro atoms. The van der Waals surface area contributed by atoms with Crippen LogP contribution in [0.4, 0.5) is 9.52 Å². The quantitative estimate of drug-likeness (QED) is 0.770. The van der Waals surface area contributed by atoms with Crippen molar-refractivity contribution in [2.24, 2.45) is 0 Å². The summed E-state index contributed by atoms with van der Waals surface area (Å²) in [7, 11) is 0. The second kappa shape index (κ2) is 6.89. The third kappa shape index (κ3) is 3.54. The van der Waals surface area contributed by atoms with E-state index in [1.807, 2.05) is 5.38 Å². The van der Waals surface area contributed by atoms with Crippen LogP contribution in [0.2, 0.25) is 0 Å². The summed E-state index contributed by atoms with van der Waals surface area (Å²) in [4.78, 5) is 16.8. The lowest BCUT2D eigenvalue weighted by Crippen LogP contribution is -2.16. The predicted molar refractivity (Wildman–Crippen MR) is 91.2 cm³/mol. The van der Waals surface area contributed by atoms with Gasteiger partial charge in [-0.25, -0.2) is 9.37 Å². The third-order valence-electron chi connectivity index (χ3n) is 4.24. The lowest BCUT2D eigenvalue weighted by Gasteiger charge is -2.19. The summed E-state index contributed by atoms with van der Waals surface area (Å²) in [5.41, 5.74) is 1.87. The Morgan fingerprint density at radius 3 is 3.04 bits per heavy atom. The van der Waals surface area contributed by atoms with Crippen LogP contribution in [0.5, 0.6) is 0 Å². The van der Waals surface area contributed by atoms with Crippen LogP contribution in [-0.2, 0) is 16.0 Å². The number of nitrogens with zero attached hydrogens (tertiary/aromatic N) is 2. The number of rotatable bonds is 4. The van der Waals surface area contributed by atoms with Crippen LogP contribution in [0.15, 0.2) is 28.1 Å². The highest BCUT2D eigenvalue weighted by Crippen LogP contribution is 2.29. The van der Waals surface area contributed by atoms with Crippen LogP contribution in [-0.4, -0.2) is 29.3 Å². The maximum absolute atomic E-state index is 13.4. The molecule has 3 aromatic rings. The van der Waals surface area contributed by atoms with Gasteiger partial charge >= 0.3 is 0 Å². The highest BCUT2D eigenvalue weighted by Gasteiger charge is 2.20. The molecule has 1 aromatic carbocycles. The van der Waals surface area contributed by atoms with Gasteiger partial charge in [0.25, 0.3) is 0 Å². The first-order chi connectivity index (χ1) is 12.2. The SMILES string of the molecule is O=C(Cc1noc2ccc(F)cc12)Nc1nc(C2CCOCC2)cs1. The lowest BCUT2D eigenvalue weighted by molar-refractivity contribution is -0.115. The zero-order chi connectivity index (χ0) is 17.2. The molecule has 1 N–H and O–H groups in total. The number of fused-ring (bicyclic) bond motifs is 1. The molecule has 0 aliphatic carbocycles. The number of hydrogen-bond acceptors (Lipinski definition) is 6. The number of ether oxygens (including phenoxy) is 1. The zero-order valence-corrected chi connectivity index (χ0v) is 14.1. The van der Waals surface area contributed by atoms with Crippen LogP contribution < -0.4 is 5.32 Å². The Kier molecular flexibility index (Phi) is 4.46. The predicted octanol–water partition coefficient (Wildman–Crippen LogP) is 3.50. The molecule has 1 aliphatic heterocycles. The first-order valence-electron chi connectivity index (χ1n) is 8.06. The minimum atomic E-state index is -0.390. The van der Waals surface area contributed by atoms with Gasteiger partial charge in [0.15, 0.2) is 10.7 Å². The fraction of sp³-hybridized carbons (Fsp3) is 0.353. The van der Waals surface area contributed by atoms with Gasteiger partial charge in [-0.15, -0.1) is 11.3 Å². The summed E-state index contributed by atoms with van der Waals surface area (Å²) in [5, 5.41) is 9.69. The van der Waals surface area contributed by atoms with Crippen molar-refractivity contribution in [3.63, 3.8) is 0 Å². The number of halogens is 1. The molecule has 4 rings (SSSR count). The molecular weight excluding hydrogens is 345 g/mol. The zero-order valence-electron chi connectivity index (χ0n) is 13.3. The average Bonchev–Trinajstić information content (AvgIpc) is 3.23. The average molecular weight is 361 g/mol. The van der Waals surface area contributed by atoms with E-state index >= 15 is 0 Å². The Labute approximate surface area is 147 Å². The monoisotopic (exact) mass is 361 g/mol. The van der Waals surface area contributed by atoms with Gasteiger partial charge in [0, 0.05) is 29.9 Å². The van der Waals surface area contributed by atoms with Crippen molar-refractivity contribution in [2.75, 3.05) is 18.5 Å². The molecule has 25 heavy (non-hydrogen) atoms. The molecule has 8 heteroatoms. The van der Waals surface area contributed by atoms with E-state index in [4.69, 9.17) is 9.26 Å². The molecular formula is C17H16FN3O3S. The molecule has 0 bridgehead atoms. The van der Waals surface area contributed by atoms with Crippen LogP contribution in [0.25, 0.3) is 11.0 Å². The maximum atomic E-state index is 13.4. The van der Waals surface area contributed by atoms with Gasteiger partial charge in [-0.05, 0) is 31.0 Å².